The molecule has 29 heavy (non-hydrogen) atoms. The zero-order valence-electron chi connectivity index (χ0n) is 15.7. The molecule has 1 aliphatic rings. The van der Waals surface area contributed by atoms with Gasteiger partial charge >= 0.3 is 6.18 Å². The van der Waals surface area contributed by atoms with Crippen molar-refractivity contribution in [2.75, 3.05) is 13.1 Å². The molecule has 4 rings (SSSR count). The number of alkyl halides is 3. The van der Waals surface area contributed by atoms with Crippen molar-refractivity contribution in [1.82, 2.24) is 19.9 Å². The van der Waals surface area contributed by atoms with Crippen molar-refractivity contribution in [3.63, 3.8) is 0 Å². The highest BCUT2D eigenvalue weighted by Gasteiger charge is 2.30. The van der Waals surface area contributed by atoms with Crippen LogP contribution in [0.5, 0.6) is 0 Å². The Hall–Kier alpha value is -2.94. The quantitative estimate of drug-likeness (QED) is 0.397. The molecule has 3 N–H and O–H groups in total. The van der Waals surface area contributed by atoms with Crippen molar-refractivity contribution in [1.29, 1.82) is 0 Å². The topological polar surface area (TPSA) is 83.2 Å². The minimum absolute atomic E-state index is 0.178. The maximum absolute atomic E-state index is 12.7. The average Bonchev–Trinajstić information content (AvgIpc) is 3.19. The van der Waals surface area contributed by atoms with E-state index in [2.05, 4.69) is 25.0 Å². The third kappa shape index (κ3) is 4.09. The second kappa shape index (κ2) is 7.82. The van der Waals surface area contributed by atoms with E-state index in [0.717, 1.165) is 66.1 Å². The van der Waals surface area contributed by atoms with Gasteiger partial charge in [0.05, 0.1) is 17.0 Å². The van der Waals surface area contributed by atoms with Crippen LogP contribution < -0.4 is 5.84 Å². The molecule has 0 spiro atoms. The number of nitrogens with one attached hydrogen (secondary N) is 1. The molecular weight excluding hydrogens is 381 g/mol. The molecule has 0 radical (unpaired) electrons. The van der Waals surface area contributed by atoms with Crippen molar-refractivity contribution in [2.45, 2.75) is 25.6 Å². The third-order valence-electron chi connectivity index (χ3n) is 5.40. The predicted molar refractivity (Wildman–Crippen MR) is 104 cm³/mol. The van der Waals surface area contributed by atoms with Crippen LogP contribution in [-0.4, -0.2) is 38.7 Å². The first-order valence-electron chi connectivity index (χ1n) is 9.40. The minimum Gasteiger partial charge on any atom is -0.346 e. The van der Waals surface area contributed by atoms with Crippen LogP contribution in [0.4, 0.5) is 13.2 Å². The highest BCUT2D eigenvalue weighted by Crippen LogP contribution is 2.30. The number of nitrogens with two attached hydrogens (primary N) is 1. The summed E-state index contributed by atoms with van der Waals surface area (Å²) in [5, 5.41) is 4.93. The van der Waals surface area contributed by atoms with E-state index in [0.29, 0.717) is 6.54 Å². The fourth-order valence-electron chi connectivity index (χ4n) is 3.86. The monoisotopic (exact) mass is 402 g/mol. The lowest BCUT2D eigenvalue weighted by Gasteiger charge is -2.32. The average molecular weight is 402 g/mol. The number of H-pyrrole nitrogens is 1. The van der Waals surface area contributed by atoms with E-state index in [1.165, 1.54) is 6.33 Å². The zero-order valence-corrected chi connectivity index (χ0v) is 15.7. The Kier molecular flexibility index (Phi) is 5.23. The molecule has 0 bridgehead atoms. The predicted octanol–water partition coefficient (Wildman–Crippen LogP) is 3.55. The molecule has 1 aromatic carbocycles. The smallest absolute Gasteiger partial charge is 0.346 e. The van der Waals surface area contributed by atoms with Crippen molar-refractivity contribution in [3.8, 4) is 0 Å². The molecule has 3 heterocycles. The molecule has 0 unspecified atom stereocenters. The number of hydrogen-bond acceptors (Lipinski definition) is 5. The molecule has 0 saturated carbocycles. The molecule has 0 amide bonds. The van der Waals surface area contributed by atoms with Crippen LogP contribution in [-0.2, 0) is 12.7 Å². The summed E-state index contributed by atoms with van der Waals surface area (Å²) >= 11 is 0. The Morgan fingerprint density at radius 1 is 1.14 bits per heavy atom. The Morgan fingerprint density at radius 2 is 1.86 bits per heavy atom. The van der Waals surface area contributed by atoms with Crippen molar-refractivity contribution in [2.24, 2.45) is 16.9 Å². The summed E-state index contributed by atoms with van der Waals surface area (Å²) in [5.74, 6) is 5.89. The first-order chi connectivity index (χ1) is 14.0. The van der Waals surface area contributed by atoms with Gasteiger partial charge in [0.25, 0.3) is 0 Å². The molecule has 0 aliphatic carbocycles. The van der Waals surface area contributed by atoms with Gasteiger partial charge in [0.15, 0.2) is 0 Å². The van der Waals surface area contributed by atoms with Gasteiger partial charge in [0.1, 0.15) is 12.0 Å². The van der Waals surface area contributed by atoms with Crippen LogP contribution in [0.1, 0.15) is 29.7 Å². The summed E-state index contributed by atoms with van der Waals surface area (Å²) < 4.78 is 38.1. The summed E-state index contributed by atoms with van der Waals surface area (Å²) in [6.45, 7) is 2.24. The molecule has 9 heteroatoms. The Morgan fingerprint density at radius 3 is 2.52 bits per heavy atom. The van der Waals surface area contributed by atoms with E-state index >= 15 is 0 Å². The standard InChI is InChI=1S/C20H21F3N6/c21-20(22,23)15-3-1-13(2-4-15)11-29-9-6-14(7-10-29)17(28-24)18-16-5-8-25-19(16)27-12-26-18/h1-5,8,12,14H,6-7,9-11,24H2,(H,25,26,27). The number of rotatable bonds is 4. The number of piperidine rings is 1. The lowest BCUT2D eigenvalue weighted by molar-refractivity contribution is -0.137. The Labute approximate surface area is 165 Å². The fourth-order valence-corrected chi connectivity index (χ4v) is 3.86. The maximum atomic E-state index is 12.7. The molecule has 1 fully saturated rings. The molecule has 1 saturated heterocycles. The summed E-state index contributed by atoms with van der Waals surface area (Å²) in [7, 11) is 0. The van der Waals surface area contributed by atoms with Gasteiger partial charge in [0.2, 0.25) is 0 Å². The molecule has 2 aromatic heterocycles. The number of hydrogen-bond donors (Lipinski definition) is 2. The largest absolute Gasteiger partial charge is 0.416 e. The summed E-state index contributed by atoms with van der Waals surface area (Å²) in [4.78, 5) is 13.9. The highest BCUT2D eigenvalue weighted by atomic mass is 19.4. The van der Waals surface area contributed by atoms with E-state index in [1.54, 1.807) is 12.1 Å². The molecule has 0 atom stereocenters. The van der Waals surface area contributed by atoms with Gasteiger partial charge in [-0.05, 0) is 49.7 Å². The molecule has 1 aliphatic heterocycles. The minimum atomic E-state index is -4.30. The van der Waals surface area contributed by atoms with E-state index in [9.17, 15) is 13.2 Å². The Balaban J connectivity index is 1.40. The maximum Gasteiger partial charge on any atom is 0.416 e. The van der Waals surface area contributed by atoms with Gasteiger partial charge in [-0.3, -0.25) is 4.90 Å². The molecule has 6 nitrogen and oxygen atoms in total. The highest BCUT2D eigenvalue weighted by molar-refractivity contribution is 6.09. The van der Waals surface area contributed by atoms with Gasteiger partial charge in [-0.25, -0.2) is 9.97 Å². The number of halogens is 3. The first-order valence-corrected chi connectivity index (χ1v) is 9.40. The van der Waals surface area contributed by atoms with Crippen LogP contribution >= 0.6 is 0 Å². The van der Waals surface area contributed by atoms with Crippen LogP contribution in [0, 0.1) is 5.92 Å². The molecule has 152 valence electrons. The van der Waals surface area contributed by atoms with Crippen molar-refractivity contribution in [3.05, 3.63) is 59.7 Å². The van der Waals surface area contributed by atoms with E-state index in [1.807, 2.05) is 12.3 Å². The van der Waals surface area contributed by atoms with Gasteiger partial charge in [-0.2, -0.15) is 18.3 Å². The van der Waals surface area contributed by atoms with Gasteiger partial charge < -0.3 is 10.8 Å². The SMILES string of the molecule is NN=C(c1ncnc2[nH]ccc12)C1CCN(Cc2ccc(C(F)(F)F)cc2)CC1. The van der Waals surface area contributed by atoms with Crippen LogP contribution in [0.15, 0.2) is 48.0 Å². The number of benzene rings is 1. The summed E-state index contributed by atoms with van der Waals surface area (Å²) in [6, 6.07) is 7.28. The summed E-state index contributed by atoms with van der Waals surface area (Å²) in [5.41, 5.74) is 2.51. The summed E-state index contributed by atoms with van der Waals surface area (Å²) in [6.07, 6.45) is 0.711. The van der Waals surface area contributed by atoms with Gasteiger partial charge in [-0.1, -0.05) is 12.1 Å². The molecule has 3 aromatic rings. The lowest BCUT2D eigenvalue weighted by Crippen LogP contribution is -2.36. The number of aromatic amines is 1. The number of fused-ring (bicyclic) bond motifs is 1. The normalized spacial score (nSPS) is 17.1. The van der Waals surface area contributed by atoms with Crippen molar-refractivity contribution >= 4 is 16.7 Å². The van der Waals surface area contributed by atoms with E-state index in [-0.39, 0.29) is 5.92 Å². The Bertz CT molecular complexity index is 1000. The fraction of sp³-hybridized carbons (Fsp3) is 0.350. The van der Waals surface area contributed by atoms with Gasteiger partial charge in [-0.15, -0.1) is 0 Å². The third-order valence-corrected chi connectivity index (χ3v) is 5.40. The number of likely N-dealkylation sites (tertiary alicyclic amines) is 1. The second-order valence-corrected chi connectivity index (χ2v) is 7.22. The van der Waals surface area contributed by atoms with Crippen LogP contribution in [0.3, 0.4) is 0 Å². The number of hydrazone groups is 1. The number of aromatic nitrogens is 3. The van der Waals surface area contributed by atoms with Gasteiger partial charge in [0, 0.05) is 24.0 Å². The van der Waals surface area contributed by atoms with Crippen molar-refractivity contribution < 1.29 is 13.2 Å². The van der Waals surface area contributed by atoms with Crippen LogP contribution in [0.2, 0.25) is 0 Å². The first kappa shape index (κ1) is 19.4. The van der Waals surface area contributed by atoms with E-state index in [4.69, 9.17) is 5.84 Å². The van der Waals surface area contributed by atoms with Crippen LogP contribution in [0.25, 0.3) is 11.0 Å². The lowest BCUT2D eigenvalue weighted by atomic mass is 9.89. The second-order valence-electron chi connectivity index (χ2n) is 7.22. The molecular formula is C20H21F3N6. The number of nitrogens with zero attached hydrogens (tertiary/aromatic N) is 4. The van der Waals surface area contributed by atoms with E-state index < -0.39 is 11.7 Å². The zero-order chi connectivity index (χ0) is 20.4.